The Morgan fingerprint density at radius 2 is 2.00 bits per heavy atom. The second-order valence-corrected chi connectivity index (χ2v) is 4.85. The number of anilines is 1. The lowest BCUT2D eigenvalue weighted by atomic mass is 10.0. The van der Waals surface area contributed by atoms with E-state index in [-0.39, 0.29) is 0 Å². The van der Waals surface area contributed by atoms with Gasteiger partial charge in [-0.3, -0.25) is 0 Å². The first-order chi connectivity index (χ1) is 7.65. The molecule has 2 N–H and O–H groups in total. The minimum atomic E-state index is 0.603. The molecule has 1 aromatic heterocycles. The Morgan fingerprint density at radius 3 is 2.62 bits per heavy atom. The Balaban J connectivity index is 2.20. The number of nitrogen functional groups attached to an aromatic ring is 1. The highest BCUT2D eigenvalue weighted by molar-refractivity contribution is 5.31. The van der Waals surface area contributed by atoms with Gasteiger partial charge in [-0.15, -0.1) is 0 Å². The molecule has 4 nitrogen and oxygen atoms in total. The molecular weight excluding hydrogens is 200 g/mol. The van der Waals surface area contributed by atoms with Crippen molar-refractivity contribution >= 4 is 5.82 Å². The van der Waals surface area contributed by atoms with Gasteiger partial charge >= 0.3 is 0 Å². The molecule has 1 fully saturated rings. The summed E-state index contributed by atoms with van der Waals surface area (Å²) in [5.41, 5.74) is 6.97. The van der Waals surface area contributed by atoms with E-state index < -0.39 is 0 Å². The minimum absolute atomic E-state index is 0.603. The number of hydrogen-bond acceptors (Lipinski definition) is 4. The first-order valence-electron chi connectivity index (χ1n) is 5.93. The maximum absolute atomic E-state index is 5.83. The molecule has 1 aromatic rings. The van der Waals surface area contributed by atoms with Crippen molar-refractivity contribution in [3.05, 3.63) is 17.6 Å². The average Bonchev–Trinajstić information content (AvgIpc) is 2.67. The van der Waals surface area contributed by atoms with Crippen LogP contribution in [0.1, 0.15) is 43.1 Å². The molecule has 16 heavy (non-hydrogen) atoms. The molecular formula is C12H20N4. The smallest absolute Gasteiger partial charge is 0.144 e. The van der Waals surface area contributed by atoms with Gasteiger partial charge in [0.05, 0.1) is 6.54 Å². The van der Waals surface area contributed by atoms with E-state index >= 15 is 0 Å². The van der Waals surface area contributed by atoms with E-state index in [1.165, 1.54) is 25.7 Å². The number of aromatic nitrogens is 2. The molecule has 0 aliphatic heterocycles. The topological polar surface area (TPSA) is 55.0 Å². The highest BCUT2D eigenvalue weighted by atomic mass is 15.1. The molecule has 1 saturated carbocycles. The summed E-state index contributed by atoms with van der Waals surface area (Å²) in [6.07, 6.45) is 5.13. The van der Waals surface area contributed by atoms with Gasteiger partial charge in [0.1, 0.15) is 11.6 Å². The van der Waals surface area contributed by atoms with Crippen molar-refractivity contribution in [2.75, 3.05) is 19.8 Å². The van der Waals surface area contributed by atoms with Crippen molar-refractivity contribution in [1.82, 2.24) is 14.9 Å². The molecule has 2 rings (SSSR count). The third kappa shape index (κ3) is 2.70. The van der Waals surface area contributed by atoms with Crippen molar-refractivity contribution in [1.29, 1.82) is 0 Å². The van der Waals surface area contributed by atoms with Gasteiger partial charge in [-0.1, -0.05) is 12.8 Å². The van der Waals surface area contributed by atoms with Crippen LogP contribution in [0.2, 0.25) is 0 Å². The van der Waals surface area contributed by atoms with Gasteiger partial charge in [0.15, 0.2) is 0 Å². The lowest BCUT2D eigenvalue weighted by molar-refractivity contribution is 0.389. The summed E-state index contributed by atoms with van der Waals surface area (Å²) in [4.78, 5) is 11.0. The van der Waals surface area contributed by atoms with Crippen molar-refractivity contribution in [3.63, 3.8) is 0 Å². The molecule has 0 atom stereocenters. The fourth-order valence-electron chi connectivity index (χ4n) is 2.32. The van der Waals surface area contributed by atoms with Crippen LogP contribution in [-0.4, -0.2) is 29.0 Å². The Hall–Kier alpha value is -1.16. The largest absolute Gasteiger partial charge is 0.384 e. The molecule has 0 unspecified atom stereocenters. The normalized spacial score (nSPS) is 17.2. The van der Waals surface area contributed by atoms with Crippen LogP contribution in [-0.2, 0) is 6.54 Å². The predicted molar refractivity (Wildman–Crippen MR) is 65.0 cm³/mol. The zero-order valence-corrected chi connectivity index (χ0v) is 10.1. The summed E-state index contributed by atoms with van der Waals surface area (Å²) in [7, 11) is 4.03. The fraction of sp³-hybridized carbons (Fsp3) is 0.667. The zero-order chi connectivity index (χ0) is 11.5. The molecule has 1 heterocycles. The molecule has 1 aliphatic carbocycles. The van der Waals surface area contributed by atoms with Crippen LogP contribution in [0.3, 0.4) is 0 Å². The Kier molecular flexibility index (Phi) is 3.39. The lowest BCUT2D eigenvalue weighted by Crippen LogP contribution is -2.15. The lowest BCUT2D eigenvalue weighted by Gasteiger charge is -2.13. The van der Waals surface area contributed by atoms with Crippen molar-refractivity contribution < 1.29 is 0 Å². The van der Waals surface area contributed by atoms with Crippen molar-refractivity contribution in [2.45, 2.75) is 38.1 Å². The third-order valence-corrected chi connectivity index (χ3v) is 3.04. The summed E-state index contributed by atoms with van der Waals surface area (Å²) in [5, 5.41) is 0. The van der Waals surface area contributed by atoms with Gasteiger partial charge < -0.3 is 10.6 Å². The first-order valence-corrected chi connectivity index (χ1v) is 5.93. The van der Waals surface area contributed by atoms with Crippen molar-refractivity contribution in [3.8, 4) is 0 Å². The third-order valence-electron chi connectivity index (χ3n) is 3.04. The summed E-state index contributed by atoms with van der Waals surface area (Å²) in [6.45, 7) is 0.755. The maximum Gasteiger partial charge on any atom is 0.144 e. The van der Waals surface area contributed by atoms with E-state index in [1.807, 2.05) is 20.2 Å². The van der Waals surface area contributed by atoms with Gasteiger partial charge in [-0.2, -0.15) is 0 Å². The molecule has 0 saturated heterocycles. The Bertz CT molecular complexity index is 356. The Morgan fingerprint density at radius 1 is 1.31 bits per heavy atom. The van der Waals surface area contributed by atoms with Crippen LogP contribution >= 0.6 is 0 Å². The van der Waals surface area contributed by atoms with E-state index in [0.29, 0.717) is 11.7 Å². The monoisotopic (exact) mass is 220 g/mol. The van der Waals surface area contributed by atoms with Gasteiger partial charge in [0.2, 0.25) is 0 Å². The van der Waals surface area contributed by atoms with Gasteiger partial charge in [0.25, 0.3) is 0 Å². The van der Waals surface area contributed by atoms with E-state index in [0.717, 1.165) is 18.1 Å². The summed E-state index contributed by atoms with van der Waals surface area (Å²) < 4.78 is 0. The van der Waals surface area contributed by atoms with Gasteiger partial charge in [-0.25, -0.2) is 9.97 Å². The summed E-state index contributed by atoms with van der Waals surface area (Å²) >= 11 is 0. The number of hydrogen-bond donors (Lipinski definition) is 1. The fourth-order valence-corrected chi connectivity index (χ4v) is 2.32. The van der Waals surface area contributed by atoms with E-state index in [1.54, 1.807) is 0 Å². The summed E-state index contributed by atoms with van der Waals surface area (Å²) in [6, 6.07) is 1.94. The maximum atomic E-state index is 5.83. The number of nitrogens with zero attached hydrogens (tertiary/aromatic N) is 3. The predicted octanol–water partition coefficient (Wildman–Crippen LogP) is 1.78. The van der Waals surface area contributed by atoms with E-state index in [9.17, 15) is 0 Å². The molecule has 0 bridgehead atoms. The number of nitrogens with two attached hydrogens (primary N) is 1. The van der Waals surface area contributed by atoms with Crippen LogP contribution in [0.4, 0.5) is 5.82 Å². The highest BCUT2D eigenvalue weighted by Gasteiger charge is 2.19. The quantitative estimate of drug-likeness (QED) is 0.843. The molecule has 1 aliphatic rings. The molecule has 0 radical (unpaired) electrons. The van der Waals surface area contributed by atoms with Crippen molar-refractivity contribution in [2.24, 2.45) is 0 Å². The van der Waals surface area contributed by atoms with E-state index in [2.05, 4.69) is 14.9 Å². The SMILES string of the molecule is CN(C)Cc1nc(N)cc(C2CCCC2)n1. The Labute approximate surface area is 96.9 Å². The molecule has 4 heteroatoms. The second kappa shape index (κ2) is 4.78. The van der Waals surface area contributed by atoms with Crippen LogP contribution in [0.25, 0.3) is 0 Å². The number of rotatable bonds is 3. The van der Waals surface area contributed by atoms with Gasteiger partial charge in [-0.05, 0) is 26.9 Å². The van der Waals surface area contributed by atoms with Crippen LogP contribution in [0.15, 0.2) is 6.07 Å². The molecule has 0 aromatic carbocycles. The van der Waals surface area contributed by atoms with Crippen LogP contribution in [0, 0.1) is 0 Å². The molecule has 0 amide bonds. The molecule has 0 spiro atoms. The molecule has 88 valence electrons. The first kappa shape index (κ1) is 11.3. The van der Waals surface area contributed by atoms with Crippen LogP contribution < -0.4 is 5.73 Å². The standard InChI is InChI=1S/C12H20N4/c1-16(2)8-12-14-10(7-11(13)15-12)9-5-3-4-6-9/h7,9H,3-6,8H2,1-2H3,(H2,13,14,15). The minimum Gasteiger partial charge on any atom is -0.384 e. The zero-order valence-electron chi connectivity index (χ0n) is 10.1. The second-order valence-electron chi connectivity index (χ2n) is 4.85. The van der Waals surface area contributed by atoms with E-state index in [4.69, 9.17) is 5.73 Å². The summed E-state index contributed by atoms with van der Waals surface area (Å²) in [5.74, 6) is 2.05. The van der Waals surface area contributed by atoms with Crippen LogP contribution in [0.5, 0.6) is 0 Å². The highest BCUT2D eigenvalue weighted by Crippen LogP contribution is 2.33. The average molecular weight is 220 g/mol. The van der Waals surface area contributed by atoms with Gasteiger partial charge in [0, 0.05) is 17.7 Å².